The Hall–Kier alpha value is -2.56. The summed E-state index contributed by atoms with van der Waals surface area (Å²) < 4.78 is 5.46. The smallest absolute Gasteiger partial charge is 0.290 e. The van der Waals surface area contributed by atoms with E-state index in [2.05, 4.69) is 31.3 Å². The third kappa shape index (κ3) is 4.86. The molecular formula is C26H34N2O3. The summed E-state index contributed by atoms with van der Waals surface area (Å²) >= 11 is 0. The SMILES string of the molecule is CC(C)c1ccc([C@H](C(=O)NC2CCCC2)N(C(=O)c2ccco2)C2CCCC2)cc1. The van der Waals surface area contributed by atoms with E-state index < -0.39 is 6.04 Å². The minimum Gasteiger partial charge on any atom is -0.459 e. The van der Waals surface area contributed by atoms with Gasteiger partial charge in [-0.05, 0) is 54.9 Å². The molecule has 2 aliphatic carbocycles. The standard InChI is InChI=1S/C26H34N2O3/c1-18(2)19-13-15-20(16-14-19)24(25(29)27-21-8-3-4-9-21)28(22-10-5-6-11-22)26(30)23-12-7-17-31-23/h7,12-18,21-22,24H,3-6,8-11H2,1-2H3,(H,27,29)/t24-/m1/s1. The molecule has 1 aromatic heterocycles. The Bertz CT molecular complexity index is 861. The topological polar surface area (TPSA) is 62.6 Å². The second kappa shape index (κ2) is 9.71. The summed E-state index contributed by atoms with van der Waals surface area (Å²) in [5, 5.41) is 3.26. The van der Waals surface area contributed by atoms with Crippen LogP contribution in [0.3, 0.4) is 0 Å². The Morgan fingerprint density at radius 3 is 2.13 bits per heavy atom. The third-order valence-electron chi connectivity index (χ3n) is 6.83. The number of nitrogens with one attached hydrogen (secondary N) is 1. The van der Waals surface area contributed by atoms with Crippen molar-refractivity contribution in [2.24, 2.45) is 0 Å². The predicted molar refractivity (Wildman–Crippen MR) is 121 cm³/mol. The van der Waals surface area contributed by atoms with Crippen LogP contribution in [-0.2, 0) is 4.79 Å². The lowest BCUT2D eigenvalue weighted by Gasteiger charge is -2.36. The molecule has 2 fully saturated rings. The predicted octanol–water partition coefficient (Wildman–Crippen LogP) is 5.59. The molecule has 1 aromatic carbocycles. The molecule has 2 saturated carbocycles. The number of carbonyl (C=O) groups is 2. The maximum Gasteiger partial charge on any atom is 0.290 e. The lowest BCUT2D eigenvalue weighted by molar-refractivity contribution is -0.127. The number of nitrogens with zero attached hydrogens (tertiary/aromatic N) is 1. The number of amides is 2. The highest BCUT2D eigenvalue weighted by Gasteiger charge is 2.39. The van der Waals surface area contributed by atoms with Crippen LogP contribution in [0.15, 0.2) is 47.1 Å². The summed E-state index contributed by atoms with van der Waals surface area (Å²) in [6, 6.07) is 11.2. The second-order valence-electron chi connectivity index (χ2n) is 9.34. The Kier molecular flexibility index (Phi) is 6.79. The van der Waals surface area contributed by atoms with Crippen LogP contribution in [0.4, 0.5) is 0 Å². The first-order valence-electron chi connectivity index (χ1n) is 11.8. The number of furan rings is 1. The zero-order chi connectivity index (χ0) is 21.8. The van der Waals surface area contributed by atoms with Crippen molar-refractivity contribution in [2.75, 3.05) is 0 Å². The van der Waals surface area contributed by atoms with Crippen molar-refractivity contribution < 1.29 is 14.0 Å². The Balaban J connectivity index is 1.71. The molecule has 4 rings (SSSR count). The van der Waals surface area contributed by atoms with Crippen LogP contribution in [0.5, 0.6) is 0 Å². The van der Waals surface area contributed by atoms with Crippen LogP contribution >= 0.6 is 0 Å². The molecular weight excluding hydrogens is 388 g/mol. The van der Waals surface area contributed by atoms with Gasteiger partial charge in [-0.1, -0.05) is 63.8 Å². The highest BCUT2D eigenvalue weighted by molar-refractivity contribution is 5.96. The summed E-state index contributed by atoms with van der Waals surface area (Å²) in [5.41, 5.74) is 2.09. The van der Waals surface area contributed by atoms with Crippen molar-refractivity contribution in [3.05, 3.63) is 59.5 Å². The average molecular weight is 423 g/mol. The number of hydrogen-bond acceptors (Lipinski definition) is 3. The number of benzene rings is 1. The molecule has 31 heavy (non-hydrogen) atoms. The van der Waals surface area contributed by atoms with Crippen LogP contribution in [0.25, 0.3) is 0 Å². The van der Waals surface area contributed by atoms with Gasteiger partial charge >= 0.3 is 0 Å². The summed E-state index contributed by atoms with van der Waals surface area (Å²) in [5.74, 6) is 0.437. The maximum atomic E-state index is 13.7. The van der Waals surface area contributed by atoms with Crippen LogP contribution < -0.4 is 5.32 Å². The van der Waals surface area contributed by atoms with E-state index in [0.717, 1.165) is 56.9 Å². The molecule has 166 valence electrons. The van der Waals surface area contributed by atoms with Gasteiger partial charge in [-0.15, -0.1) is 0 Å². The first-order valence-corrected chi connectivity index (χ1v) is 11.8. The third-order valence-corrected chi connectivity index (χ3v) is 6.83. The Morgan fingerprint density at radius 1 is 0.935 bits per heavy atom. The maximum absolute atomic E-state index is 13.7. The molecule has 2 aromatic rings. The highest BCUT2D eigenvalue weighted by Crippen LogP contribution is 2.34. The van der Waals surface area contributed by atoms with Crippen molar-refractivity contribution in [3.63, 3.8) is 0 Å². The summed E-state index contributed by atoms with van der Waals surface area (Å²) in [6.07, 6.45) is 9.84. The molecule has 0 unspecified atom stereocenters. The van der Waals surface area contributed by atoms with E-state index in [-0.39, 0.29) is 23.9 Å². The van der Waals surface area contributed by atoms with Crippen molar-refractivity contribution in [2.45, 2.75) is 89.3 Å². The molecule has 2 amide bonds. The van der Waals surface area contributed by atoms with E-state index in [1.807, 2.05) is 12.1 Å². The van der Waals surface area contributed by atoms with Gasteiger partial charge in [0, 0.05) is 12.1 Å². The van der Waals surface area contributed by atoms with Gasteiger partial charge in [-0.3, -0.25) is 9.59 Å². The van der Waals surface area contributed by atoms with Crippen molar-refractivity contribution in [1.82, 2.24) is 10.2 Å². The monoisotopic (exact) mass is 422 g/mol. The van der Waals surface area contributed by atoms with Crippen molar-refractivity contribution in [1.29, 1.82) is 0 Å². The van der Waals surface area contributed by atoms with Gasteiger partial charge < -0.3 is 14.6 Å². The van der Waals surface area contributed by atoms with Gasteiger partial charge in [0.25, 0.3) is 5.91 Å². The van der Waals surface area contributed by atoms with E-state index in [0.29, 0.717) is 11.7 Å². The van der Waals surface area contributed by atoms with Gasteiger partial charge in [0.05, 0.1) is 6.26 Å². The van der Waals surface area contributed by atoms with E-state index in [9.17, 15) is 9.59 Å². The van der Waals surface area contributed by atoms with E-state index in [1.54, 1.807) is 17.0 Å². The van der Waals surface area contributed by atoms with Gasteiger partial charge in [0.2, 0.25) is 5.91 Å². The zero-order valence-electron chi connectivity index (χ0n) is 18.7. The fourth-order valence-corrected chi connectivity index (χ4v) is 5.06. The first kappa shape index (κ1) is 21.7. The molecule has 0 spiro atoms. The molecule has 0 aliphatic heterocycles. The van der Waals surface area contributed by atoms with Gasteiger partial charge in [-0.2, -0.15) is 0 Å². The number of hydrogen-bond donors (Lipinski definition) is 1. The Morgan fingerprint density at radius 2 is 1.55 bits per heavy atom. The molecule has 2 aliphatic rings. The van der Waals surface area contributed by atoms with Crippen molar-refractivity contribution >= 4 is 11.8 Å². The second-order valence-corrected chi connectivity index (χ2v) is 9.34. The largest absolute Gasteiger partial charge is 0.459 e. The average Bonchev–Trinajstić information content (AvgIpc) is 3.55. The molecule has 0 radical (unpaired) electrons. The molecule has 1 heterocycles. The van der Waals surface area contributed by atoms with Crippen LogP contribution in [0.2, 0.25) is 0 Å². The van der Waals surface area contributed by atoms with Crippen LogP contribution in [-0.4, -0.2) is 28.8 Å². The van der Waals surface area contributed by atoms with Crippen molar-refractivity contribution in [3.8, 4) is 0 Å². The van der Waals surface area contributed by atoms with Gasteiger partial charge in [0.15, 0.2) is 5.76 Å². The first-order chi connectivity index (χ1) is 15.0. The molecule has 1 N–H and O–H groups in total. The molecule has 1 atom stereocenters. The highest BCUT2D eigenvalue weighted by atomic mass is 16.3. The number of rotatable bonds is 7. The van der Waals surface area contributed by atoms with E-state index in [4.69, 9.17) is 4.42 Å². The summed E-state index contributed by atoms with van der Waals surface area (Å²) in [7, 11) is 0. The van der Waals surface area contributed by atoms with Gasteiger partial charge in [0.1, 0.15) is 6.04 Å². The van der Waals surface area contributed by atoms with Crippen LogP contribution in [0.1, 0.15) is 98.9 Å². The van der Waals surface area contributed by atoms with Crippen LogP contribution in [0, 0.1) is 0 Å². The summed E-state index contributed by atoms with van der Waals surface area (Å²) in [4.78, 5) is 29.0. The van der Waals surface area contributed by atoms with E-state index >= 15 is 0 Å². The van der Waals surface area contributed by atoms with E-state index in [1.165, 1.54) is 11.8 Å². The lowest BCUT2D eigenvalue weighted by Crippen LogP contribution is -2.49. The minimum absolute atomic E-state index is 0.0432. The molecule has 0 bridgehead atoms. The summed E-state index contributed by atoms with van der Waals surface area (Å²) in [6.45, 7) is 4.31. The normalized spacial score (nSPS) is 18.4. The minimum atomic E-state index is -0.650. The molecule has 0 saturated heterocycles. The molecule has 5 nitrogen and oxygen atoms in total. The fraction of sp³-hybridized carbons (Fsp3) is 0.538. The zero-order valence-corrected chi connectivity index (χ0v) is 18.7. The number of carbonyl (C=O) groups excluding carboxylic acids is 2. The molecule has 5 heteroatoms. The quantitative estimate of drug-likeness (QED) is 0.633. The Labute approximate surface area is 185 Å². The lowest BCUT2D eigenvalue weighted by atomic mass is 9.96. The fourth-order valence-electron chi connectivity index (χ4n) is 5.06. The van der Waals surface area contributed by atoms with Gasteiger partial charge in [-0.25, -0.2) is 0 Å².